The van der Waals surface area contributed by atoms with Gasteiger partial charge >= 0.3 is 0 Å². The predicted molar refractivity (Wildman–Crippen MR) is 86.6 cm³/mol. The number of carbonyl (C=O) groups excluding carboxylic acids is 1. The summed E-state index contributed by atoms with van der Waals surface area (Å²) in [6.45, 7) is 0. The van der Waals surface area contributed by atoms with Crippen molar-refractivity contribution < 1.29 is 4.79 Å². The molecule has 0 aliphatic heterocycles. The standard InChI is InChI=1S/C15H10Cl2O.BrH/c16-13-6-1-11(2-7-13)3-10-15(18)12-4-8-14(17)9-5-12;/h1-10H;1H/b10-3+;. The summed E-state index contributed by atoms with van der Waals surface area (Å²) in [5.41, 5.74) is 1.55. The van der Waals surface area contributed by atoms with E-state index in [0.717, 1.165) is 5.56 Å². The van der Waals surface area contributed by atoms with Gasteiger partial charge in [0.15, 0.2) is 5.78 Å². The van der Waals surface area contributed by atoms with Crippen LogP contribution in [0.4, 0.5) is 0 Å². The Morgan fingerprint density at radius 2 is 1.32 bits per heavy atom. The molecule has 4 heteroatoms. The van der Waals surface area contributed by atoms with Crippen LogP contribution in [0, 0.1) is 0 Å². The number of hydrogen-bond donors (Lipinski definition) is 0. The van der Waals surface area contributed by atoms with Crippen LogP contribution in [0.5, 0.6) is 0 Å². The first-order chi connectivity index (χ1) is 8.65. The number of hydrogen-bond acceptors (Lipinski definition) is 1. The summed E-state index contributed by atoms with van der Waals surface area (Å²) < 4.78 is 0. The van der Waals surface area contributed by atoms with Gasteiger partial charge in [-0.05, 0) is 48.0 Å². The van der Waals surface area contributed by atoms with Gasteiger partial charge in [-0.1, -0.05) is 41.4 Å². The quantitative estimate of drug-likeness (QED) is 0.526. The van der Waals surface area contributed by atoms with Crippen molar-refractivity contribution in [2.45, 2.75) is 0 Å². The van der Waals surface area contributed by atoms with Gasteiger partial charge in [-0.3, -0.25) is 4.79 Å². The van der Waals surface area contributed by atoms with Gasteiger partial charge < -0.3 is 0 Å². The van der Waals surface area contributed by atoms with Gasteiger partial charge in [0.25, 0.3) is 0 Å². The molecule has 0 spiro atoms. The molecule has 0 atom stereocenters. The smallest absolute Gasteiger partial charge is 0.185 e. The number of allylic oxidation sites excluding steroid dienone is 1. The van der Waals surface area contributed by atoms with Crippen LogP contribution in [0.2, 0.25) is 10.0 Å². The van der Waals surface area contributed by atoms with Gasteiger partial charge in [0.1, 0.15) is 0 Å². The van der Waals surface area contributed by atoms with Crippen LogP contribution in [0.15, 0.2) is 54.6 Å². The normalized spacial score (nSPS) is 10.2. The Hall–Kier alpha value is -1.09. The molecule has 0 N–H and O–H groups in total. The van der Waals surface area contributed by atoms with Gasteiger partial charge in [-0.15, -0.1) is 17.0 Å². The number of ketones is 1. The van der Waals surface area contributed by atoms with Crippen molar-refractivity contribution in [2.75, 3.05) is 0 Å². The summed E-state index contributed by atoms with van der Waals surface area (Å²) in [5.74, 6) is -0.0541. The molecule has 2 aromatic rings. The maximum absolute atomic E-state index is 11.8. The maximum atomic E-state index is 11.8. The third kappa shape index (κ3) is 4.83. The Balaban J connectivity index is 0.00000180. The Kier molecular flexibility index (Phi) is 6.29. The number of carbonyl (C=O) groups is 1. The lowest BCUT2D eigenvalue weighted by atomic mass is 10.1. The van der Waals surface area contributed by atoms with Gasteiger partial charge in [0.05, 0.1) is 0 Å². The molecule has 98 valence electrons. The summed E-state index contributed by atoms with van der Waals surface area (Å²) in [6.07, 6.45) is 3.29. The molecule has 19 heavy (non-hydrogen) atoms. The highest BCUT2D eigenvalue weighted by atomic mass is 79.9. The van der Waals surface area contributed by atoms with E-state index in [4.69, 9.17) is 23.2 Å². The average molecular weight is 358 g/mol. The molecular formula is C15H11BrCl2O. The van der Waals surface area contributed by atoms with E-state index < -0.39 is 0 Å². The fourth-order valence-corrected chi connectivity index (χ4v) is 1.71. The highest BCUT2D eigenvalue weighted by molar-refractivity contribution is 8.93. The predicted octanol–water partition coefficient (Wildman–Crippen LogP) is 5.47. The fraction of sp³-hybridized carbons (Fsp3) is 0. The lowest BCUT2D eigenvalue weighted by molar-refractivity contribution is 0.104. The zero-order valence-corrected chi connectivity index (χ0v) is 13.1. The van der Waals surface area contributed by atoms with Gasteiger partial charge in [-0.2, -0.15) is 0 Å². The topological polar surface area (TPSA) is 17.1 Å². The van der Waals surface area contributed by atoms with Crippen molar-refractivity contribution in [2.24, 2.45) is 0 Å². The fourth-order valence-electron chi connectivity index (χ4n) is 1.46. The molecular weight excluding hydrogens is 347 g/mol. The van der Waals surface area contributed by atoms with Crippen LogP contribution in [0.25, 0.3) is 6.08 Å². The number of halogens is 3. The lowest BCUT2D eigenvalue weighted by Crippen LogP contribution is -1.92. The molecule has 0 aromatic heterocycles. The second kappa shape index (κ2) is 7.49. The van der Waals surface area contributed by atoms with E-state index in [-0.39, 0.29) is 22.8 Å². The Morgan fingerprint density at radius 1 is 0.842 bits per heavy atom. The molecule has 0 amide bonds. The summed E-state index contributed by atoms with van der Waals surface area (Å²) in [6, 6.07) is 14.1. The van der Waals surface area contributed by atoms with Crippen LogP contribution in [0.1, 0.15) is 15.9 Å². The Bertz CT molecular complexity index is 574. The van der Waals surface area contributed by atoms with Crippen LogP contribution in [-0.2, 0) is 0 Å². The highest BCUT2D eigenvalue weighted by Crippen LogP contribution is 2.13. The SMILES string of the molecule is Br.O=C(/C=C/c1ccc(Cl)cc1)c1ccc(Cl)cc1. The van der Waals surface area contributed by atoms with Crippen molar-refractivity contribution in [1.29, 1.82) is 0 Å². The molecule has 2 aromatic carbocycles. The average Bonchev–Trinajstić information content (AvgIpc) is 2.38. The second-order valence-corrected chi connectivity index (χ2v) is 4.63. The molecule has 0 aliphatic rings. The minimum Gasteiger partial charge on any atom is -0.289 e. The van der Waals surface area contributed by atoms with E-state index in [1.165, 1.54) is 6.08 Å². The van der Waals surface area contributed by atoms with Crippen molar-refractivity contribution in [3.8, 4) is 0 Å². The molecule has 2 rings (SSSR count). The molecule has 1 nitrogen and oxygen atoms in total. The Labute approximate surface area is 132 Å². The third-order valence-corrected chi connectivity index (χ3v) is 2.93. The molecule has 0 aliphatic carbocycles. The summed E-state index contributed by atoms with van der Waals surface area (Å²) in [4.78, 5) is 11.8. The first-order valence-electron chi connectivity index (χ1n) is 5.39. The van der Waals surface area contributed by atoms with E-state index in [1.807, 2.05) is 12.1 Å². The van der Waals surface area contributed by atoms with Crippen LogP contribution >= 0.6 is 40.2 Å². The second-order valence-electron chi connectivity index (χ2n) is 3.76. The molecule has 0 fully saturated rings. The van der Waals surface area contributed by atoms with E-state index >= 15 is 0 Å². The molecule has 0 bridgehead atoms. The maximum Gasteiger partial charge on any atom is 0.185 e. The first kappa shape index (κ1) is 16.0. The molecule has 0 unspecified atom stereocenters. The third-order valence-electron chi connectivity index (χ3n) is 2.43. The number of benzene rings is 2. The number of rotatable bonds is 3. The van der Waals surface area contributed by atoms with Crippen molar-refractivity contribution in [3.63, 3.8) is 0 Å². The van der Waals surface area contributed by atoms with Crippen molar-refractivity contribution in [1.82, 2.24) is 0 Å². The minimum atomic E-state index is -0.0541. The van der Waals surface area contributed by atoms with Crippen LogP contribution in [0.3, 0.4) is 0 Å². The summed E-state index contributed by atoms with van der Waals surface area (Å²) in [7, 11) is 0. The lowest BCUT2D eigenvalue weighted by Gasteiger charge is -1.96. The zero-order chi connectivity index (χ0) is 13.0. The van der Waals surface area contributed by atoms with Crippen molar-refractivity contribution in [3.05, 3.63) is 75.8 Å². The molecule has 0 heterocycles. The van der Waals surface area contributed by atoms with E-state index in [9.17, 15) is 4.79 Å². The van der Waals surface area contributed by atoms with Gasteiger partial charge in [-0.25, -0.2) is 0 Å². The van der Waals surface area contributed by atoms with E-state index in [2.05, 4.69) is 0 Å². The monoisotopic (exact) mass is 356 g/mol. The Morgan fingerprint density at radius 3 is 1.84 bits per heavy atom. The van der Waals surface area contributed by atoms with Crippen LogP contribution in [-0.4, -0.2) is 5.78 Å². The first-order valence-corrected chi connectivity index (χ1v) is 6.14. The minimum absolute atomic E-state index is 0. The van der Waals surface area contributed by atoms with E-state index in [0.29, 0.717) is 15.6 Å². The summed E-state index contributed by atoms with van der Waals surface area (Å²) in [5, 5.41) is 1.30. The zero-order valence-electron chi connectivity index (χ0n) is 9.85. The largest absolute Gasteiger partial charge is 0.289 e. The van der Waals surface area contributed by atoms with E-state index in [1.54, 1.807) is 42.5 Å². The van der Waals surface area contributed by atoms with Gasteiger partial charge in [0.2, 0.25) is 0 Å². The van der Waals surface area contributed by atoms with Crippen LogP contribution < -0.4 is 0 Å². The van der Waals surface area contributed by atoms with Gasteiger partial charge in [0, 0.05) is 15.6 Å². The molecule has 0 radical (unpaired) electrons. The molecule has 0 saturated heterocycles. The highest BCUT2D eigenvalue weighted by Gasteiger charge is 2.00. The summed E-state index contributed by atoms with van der Waals surface area (Å²) >= 11 is 11.5. The molecule has 0 saturated carbocycles. The van der Waals surface area contributed by atoms with Crippen molar-refractivity contribution >= 4 is 52.0 Å².